The van der Waals surface area contributed by atoms with Crippen molar-refractivity contribution in [1.82, 2.24) is 15.2 Å². The number of esters is 1. The Morgan fingerprint density at radius 3 is 3.10 bits per heavy atom. The molecular formula is C15H21N3O2. The Kier molecular flexibility index (Phi) is 3.98. The van der Waals surface area contributed by atoms with E-state index in [1.165, 1.54) is 20.0 Å². The molecule has 3 rings (SSSR count). The number of fused-ring (bicyclic) bond motifs is 1. The average Bonchev–Trinajstić information content (AvgIpc) is 2.89. The lowest BCUT2D eigenvalue weighted by Gasteiger charge is -2.24. The van der Waals surface area contributed by atoms with E-state index in [0.29, 0.717) is 11.6 Å². The second-order valence-electron chi connectivity index (χ2n) is 5.69. The second-order valence-corrected chi connectivity index (χ2v) is 5.69. The van der Waals surface area contributed by atoms with Crippen molar-refractivity contribution >= 4 is 5.97 Å². The van der Waals surface area contributed by atoms with Crippen LogP contribution in [0.2, 0.25) is 0 Å². The third-order valence-electron chi connectivity index (χ3n) is 4.31. The molecule has 3 heterocycles. The fraction of sp³-hybridized carbons (Fsp3) is 0.600. The minimum Gasteiger partial charge on any atom is -0.465 e. The molecule has 5 heteroatoms. The van der Waals surface area contributed by atoms with E-state index >= 15 is 0 Å². The number of nitrogens with zero attached hydrogens (tertiary/aromatic N) is 2. The van der Waals surface area contributed by atoms with Crippen molar-refractivity contribution in [2.24, 2.45) is 5.92 Å². The van der Waals surface area contributed by atoms with Crippen molar-refractivity contribution in [2.45, 2.75) is 25.4 Å². The maximum atomic E-state index is 11.4. The van der Waals surface area contributed by atoms with Gasteiger partial charge < -0.3 is 10.1 Å². The van der Waals surface area contributed by atoms with Crippen LogP contribution in [0.25, 0.3) is 0 Å². The third-order valence-corrected chi connectivity index (χ3v) is 4.31. The van der Waals surface area contributed by atoms with Crippen molar-refractivity contribution in [3.05, 3.63) is 29.6 Å². The van der Waals surface area contributed by atoms with Crippen LogP contribution in [0.5, 0.6) is 0 Å². The first-order valence-corrected chi connectivity index (χ1v) is 7.25. The summed E-state index contributed by atoms with van der Waals surface area (Å²) in [5.74, 6) is 0.457. The predicted molar refractivity (Wildman–Crippen MR) is 75.4 cm³/mol. The molecule has 108 valence electrons. The number of carbonyl (C=O) groups is 1. The molecule has 0 saturated carbocycles. The molecule has 1 N–H and O–H groups in total. The molecule has 2 aliphatic heterocycles. The van der Waals surface area contributed by atoms with E-state index in [1.54, 1.807) is 12.3 Å². The van der Waals surface area contributed by atoms with Gasteiger partial charge in [0.2, 0.25) is 0 Å². The molecule has 20 heavy (non-hydrogen) atoms. The zero-order valence-electron chi connectivity index (χ0n) is 11.8. The maximum Gasteiger partial charge on any atom is 0.339 e. The van der Waals surface area contributed by atoms with E-state index in [0.717, 1.165) is 37.8 Å². The maximum absolute atomic E-state index is 11.4. The highest BCUT2D eigenvalue weighted by Crippen LogP contribution is 2.25. The summed E-state index contributed by atoms with van der Waals surface area (Å²) in [6.07, 6.45) is 4.23. The Bertz CT molecular complexity index is 461. The third kappa shape index (κ3) is 2.83. The van der Waals surface area contributed by atoms with Crippen molar-refractivity contribution in [1.29, 1.82) is 0 Å². The van der Waals surface area contributed by atoms with Gasteiger partial charge in [0.05, 0.1) is 18.4 Å². The Balaban J connectivity index is 1.59. The molecule has 0 radical (unpaired) electrons. The molecular weight excluding hydrogens is 254 g/mol. The van der Waals surface area contributed by atoms with E-state index < -0.39 is 0 Å². The summed E-state index contributed by atoms with van der Waals surface area (Å²) in [6, 6.07) is 4.36. The van der Waals surface area contributed by atoms with E-state index in [4.69, 9.17) is 0 Å². The molecule has 2 atom stereocenters. The van der Waals surface area contributed by atoms with Gasteiger partial charge in [-0.25, -0.2) is 4.79 Å². The summed E-state index contributed by atoms with van der Waals surface area (Å²) < 4.78 is 4.68. The minimum absolute atomic E-state index is 0.333. The molecule has 1 aromatic heterocycles. The van der Waals surface area contributed by atoms with Crippen LogP contribution in [0, 0.1) is 5.92 Å². The Labute approximate surface area is 119 Å². The molecule has 0 amide bonds. The van der Waals surface area contributed by atoms with E-state index in [-0.39, 0.29) is 5.97 Å². The van der Waals surface area contributed by atoms with Crippen molar-refractivity contribution in [3.63, 3.8) is 0 Å². The highest BCUT2D eigenvalue weighted by molar-refractivity contribution is 5.88. The van der Waals surface area contributed by atoms with E-state index in [1.807, 2.05) is 6.07 Å². The predicted octanol–water partition coefficient (Wildman–Crippen LogP) is 1.05. The topological polar surface area (TPSA) is 54.5 Å². The number of hydrogen-bond donors (Lipinski definition) is 1. The highest BCUT2D eigenvalue weighted by atomic mass is 16.5. The lowest BCUT2D eigenvalue weighted by atomic mass is 9.94. The van der Waals surface area contributed by atoms with Crippen LogP contribution in [0.1, 0.15) is 28.9 Å². The normalized spacial score (nSPS) is 26.2. The van der Waals surface area contributed by atoms with Crippen LogP contribution in [-0.2, 0) is 11.3 Å². The summed E-state index contributed by atoms with van der Waals surface area (Å²) >= 11 is 0. The number of rotatable bonds is 3. The highest BCUT2D eigenvalue weighted by Gasteiger charge is 2.34. The van der Waals surface area contributed by atoms with Gasteiger partial charge in [-0.3, -0.25) is 9.88 Å². The number of hydrogen-bond acceptors (Lipinski definition) is 5. The van der Waals surface area contributed by atoms with Gasteiger partial charge in [-0.1, -0.05) is 0 Å². The lowest BCUT2D eigenvalue weighted by molar-refractivity contribution is 0.0600. The molecule has 0 unspecified atom stereocenters. The minimum atomic E-state index is -0.333. The molecule has 0 bridgehead atoms. The number of piperidine rings is 1. The van der Waals surface area contributed by atoms with E-state index in [9.17, 15) is 4.79 Å². The van der Waals surface area contributed by atoms with Gasteiger partial charge in [-0.2, -0.15) is 0 Å². The fourth-order valence-corrected chi connectivity index (χ4v) is 3.25. The summed E-state index contributed by atoms with van der Waals surface area (Å²) in [5, 5.41) is 3.61. The number of likely N-dealkylation sites (tertiary alicyclic amines) is 1. The van der Waals surface area contributed by atoms with Crippen LogP contribution in [0.3, 0.4) is 0 Å². The van der Waals surface area contributed by atoms with Gasteiger partial charge in [0.1, 0.15) is 0 Å². The number of carbonyl (C=O) groups excluding carboxylic acids is 1. The summed E-state index contributed by atoms with van der Waals surface area (Å²) in [4.78, 5) is 18.2. The molecule has 0 aromatic carbocycles. The van der Waals surface area contributed by atoms with E-state index in [2.05, 4.69) is 19.9 Å². The Hall–Kier alpha value is -1.46. The van der Waals surface area contributed by atoms with Gasteiger partial charge in [0, 0.05) is 31.9 Å². The van der Waals surface area contributed by atoms with Crippen LogP contribution >= 0.6 is 0 Å². The largest absolute Gasteiger partial charge is 0.465 e. The zero-order valence-corrected chi connectivity index (χ0v) is 11.8. The van der Waals surface area contributed by atoms with Crippen LogP contribution in [0.15, 0.2) is 18.3 Å². The molecule has 0 aliphatic carbocycles. The van der Waals surface area contributed by atoms with Crippen molar-refractivity contribution in [2.75, 3.05) is 26.7 Å². The average molecular weight is 275 g/mol. The lowest BCUT2D eigenvalue weighted by Crippen LogP contribution is -2.40. The standard InChI is InChI=1S/C15H21N3O2/c1-20-15(19)11-4-5-13(17-7-11)9-18-8-12-3-2-6-16-14(12)10-18/h4-5,7,12,14,16H,2-3,6,8-10H2,1H3/t12-,14+/m0/s1. The zero-order chi connectivity index (χ0) is 13.9. The summed E-state index contributed by atoms with van der Waals surface area (Å²) in [6.45, 7) is 4.26. The Morgan fingerprint density at radius 2 is 2.40 bits per heavy atom. The summed E-state index contributed by atoms with van der Waals surface area (Å²) in [5.41, 5.74) is 1.52. The first-order chi connectivity index (χ1) is 9.76. The number of methoxy groups -OCH3 is 1. The molecule has 5 nitrogen and oxygen atoms in total. The van der Waals surface area contributed by atoms with Crippen LogP contribution in [-0.4, -0.2) is 48.6 Å². The quantitative estimate of drug-likeness (QED) is 0.836. The molecule has 2 saturated heterocycles. The van der Waals surface area contributed by atoms with Crippen LogP contribution in [0.4, 0.5) is 0 Å². The van der Waals surface area contributed by atoms with Gasteiger partial charge in [0.25, 0.3) is 0 Å². The van der Waals surface area contributed by atoms with Crippen molar-refractivity contribution in [3.8, 4) is 0 Å². The number of pyridine rings is 1. The monoisotopic (exact) mass is 275 g/mol. The van der Waals surface area contributed by atoms with Crippen LogP contribution < -0.4 is 5.32 Å². The van der Waals surface area contributed by atoms with Crippen molar-refractivity contribution < 1.29 is 9.53 Å². The number of aromatic nitrogens is 1. The molecule has 0 spiro atoms. The second kappa shape index (κ2) is 5.89. The smallest absolute Gasteiger partial charge is 0.339 e. The molecule has 2 fully saturated rings. The van der Waals surface area contributed by atoms with Gasteiger partial charge >= 0.3 is 5.97 Å². The molecule has 2 aliphatic rings. The van der Waals surface area contributed by atoms with Gasteiger partial charge in [-0.05, 0) is 37.4 Å². The SMILES string of the molecule is COC(=O)c1ccc(CN2C[C@@H]3CCCN[C@@H]3C2)nc1. The Morgan fingerprint density at radius 1 is 1.50 bits per heavy atom. The first-order valence-electron chi connectivity index (χ1n) is 7.25. The summed E-state index contributed by atoms with van der Waals surface area (Å²) in [7, 11) is 1.38. The van der Waals surface area contributed by atoms with Gasteiger partial charge in [-0.15, -0.1) is 0 Å². The molecule has 1 aromatic rings. The first kappa shape index (κ1) is 13.5. The van der Waals surface area contributed by atoms with Gasteiger partial charge in [0.15, 0.2) is 0 Å². The number of nitrogens with one attached hydrogen (secondary N) is 1. The fourth-order valence-electron chi connectivity index (χ4n) is 3.25. The number of ether oxygens (including phenoxy) is 1.